The van der Waals surface area contributed by atoms with Gasteiger partial charge in [-0.15, -0.1) is 0 Å². The van der Waals surface area contributed by atoms with Crippen molar-refractivity contribution < 1.29 is 4.42 Å². The van der Waals surface area contributed by atoms with E-state index in [4.69, 9.17) is 4.42 Å². The molecule has 5 heteroatoms. The average molecular weight is 322 g/mol. The van der Waals surface area contributed by atoms with Crippen LogP contribution in [0.3, 0.4) is 0 Å². The van der Waals surface area contributed by atoms with Crippen molar-refractivity contribution >= 4 is 5.96 Å². The molecule has 0 aromatic carbocycles. The normalized spacial score (nSPS) is 12.5. The van der Waals surface area contributed by atoms with E-state index in [1.54, 1.807) is 7.05 Å². The van der Waals surface area contributed by atoms with Crippen molar-refractivity contribution in [2.75, 3.05) is 20.1 Å². The molecular weight excluding hydrogens is 288 g/mol. The Kier molecular flexibility index (Phi) is 8.17. The lowest BCUT2D eigenvalue weighted by molar-refractivity contribution is 0.173. The molecule has 0 aliphatic carbocycles. The molecule has 1 heterocycles. The standard InChI is InChI=1S/C18H34N4O/c1-13(2)22(14(3)4)10-8-9-20-18(19-7)21-12-17-11-15(5)23-16(17)6/h11,13-14H,8-10,12H2,1-7H3,(H2,19,20,21). The highest BCUT2D eigenvalue weighted by Crippen LogP contribution is 2.12. The summed E-state index contributed by atoms with van der Waals surface area (Å²) in [5, 5.41) is 6.72. The van der Waals surface area contributed by atoms with Gasteiger partial charge in [0, 0.05) is 44.3 Å². The fourth-order valence-corrected chi connectivity index (χ4v) is 2.84. The molecule has 0 atom stereocenters. The van der Waals surface area contributed by atoms with Crippen molar-refractivity contribution in [3.8, 4) is 0 Å². The number of furan rings is 1. The minimum Gasteiger partial charge on any atom is -0.466 e. The minimum atomic E-state index is 0.583. The van der Waals surface area contributed by atoms with E-state index in [1.165, 1.54) is 5.56 Å². The topological polar surface area (TPSA) is 52.8 Å². The summed E-state index contributed by atoms with van der Waals surface area (Å²) in [4.78, 5) is 6.79. The molecule has 0 aliphatic rings. The Balaban J connectivity index is 2.33. The number of rotatable bonds is 8. The predicted octanol–water partition coefficient (Wildman–Crippen LogP) is 3.07. The number of hydrogen-bond acceptors (Lipinski definition) is 3. The third-order valence-electron chi connectivity index (χ3n) is 4.03. The third-order valence-corrected chi connectivity index (χ3v) is 4.03. The number of hydrogen-bond donors (Lipinski definition) is 2. The zero-order valence-electron chi connectivity index (χ0n) is 15.9. The summed E-state index contributed by atoms with van der Waals surface area (Å²) >= 11 is 0. The summed E-state index contributed by atoms with van der Waals surface area (Å²) in [6, 6.07) is 3.23. The molecule has 0 spiro atoms. The van der Waals surface area contributed by atoms with Gasteiger partial charge < -0.3 is 15.1 Å². The first-order valence-electron chi connectivity index (χ1n) is 8.61. The molecule has 132 valence electrons. The van der Waals surface area contributed by atoms with E-state index in [0.717, 1.165) is 43.5 Å². The molecular formula is C18H34N4O. The Morgan fingerprint density at radius 1 is 1.17 bits per heavy atom. The van der Waals surface area contributed by atoms with E-state index in [-0.39, 0.29) is 0 Å². The zero-order valence-corrected chi connectivity index (χ0v) is 15.9. The monoisotopic (exact) mass is 322 g/mol. The van der Waals surface area contributed by atoms with Crippen LogP contribution in [0.4, 0.5) is 0 Å². The molecule has 0 amide bonds. The van der Waals surface area contributed by atoms with Crippen molar-refractivity contribution in [1.82, 2.24) is 15.5 Å². The quantitative estimate of drug-likeness (QED) is 0.439. The summed E-state index contributed by atoms with van der Waals surface area (Å²) in [7, 11) is 1.80. The van der Waals surface area contributed by atoms with Crippen LogP contribution >= 0.6 is 0 Å². The molecule has 0 saturated heterocycles. The Labute approximate surface area is 141 Å². The smallest absolute Gasteiger partial charge is 0.191 e. The first kappa shape index (κ1) is 19.6. The molecule has 0 bridgehead atoms. The molecule has 1 rings (SSSR count). The largest absolute Gasteiger partial charge is 0.466 e. The van der Waals surface area contributed by atoms with Crippen LogP contribution in [0.25, 0.3) is 0 Å². The van der Waals surface area contributed by atoms with E-state index in [0.29, 0.717) is 12.1 Å². The Bertz CT molecular complexity index is 483. The van der Waals surface area contributed by atoms with Crippen molar-refractivity contribution in [2.45, 2.75) is 66.6 Å². The molecule has 0 radical (unpaired) electrons. The zero-order chi connectivity index (χ0) is 17.4. The molecule has 1 aromatic rings. The summed E-state index contributed by atoms with van der Waals surface area (Å²) in [6.45, 7) is 15.7. The van der Waals surface area contributed by atoms with Gasteiger partial charge in [0.25, 0.3) is 0 Å². The van der Waals surface area contributed by atoms with Crippen molar-refractivity contribution in [2.24, 2.45) is 4.99 Å². The second-order valence-corrected chi connectivity index (χ2v) is 6.57. The highest BCUT2D eigenvalue weighted by atomic mass is 16.3. The maximum absolute atomic E-state index is 5.54. The van der Waals surface area contributed by atoms with Gasteiger partial charge in [-0.05, 0) is 54.0 Å². The first-order chi connectivity index (χ1) is 10.8. The van der Waals surface area contributed by atoms with Gasteiger partial charge in [-0.2, -0.15) is 0 Å². The predicted molar refractivity (Wildman–Crippen MR) is 98.0 cm³/mol. The molecule has 1 aromatic heterocycles. The minimum absolute atomic E-state index is 0.583. The number of aliphatic imine (C=N–C) groups is 1. The molecule has 0 aliphatic heterocycles. The van der Waals surface area contributed by atoms with Crippen LogP contribution in [-0.4, -0.2) is 43.1 Å². The van der Waals surface area contributed by atoms with Gasteiger partial charge in [0.2, 0.25) is 0 Å². The molecule has 2 N–H and O–H groups in total. The molecule has 0 unspecified atom stereocenters. The lowest BCUT2D eigenvalue weighted by atomic mass is 10.2. The van der Waals surface area contributed by atoms with E-state index in [1.807, 2.05) is 13.8 Å². The van der Waals surface area contributed by atoms with Gasteiger partial charge in [0.1, 0.15) is 11.5 Å². The fraction of sp³-hybridized carbons (Fsp3) is 0.722. The Morgan fingerprint density at radius 2 is 1.83 bits per heavy atom. The Hall–Kier alpha value is -1.49. The molecule has 5 nitrogen and oxygen atoms in total. The lowest BCUT2D eigenvalue weighted by Crippen LogP contribution is -2.41. The second-order valence-electron chi connectivity index (χ2n) is 6.57. The van der Waals surface area contributed by atoms with Gasteiger partial charge in [-0.25, -0.2) is 0 Å². The van der Waals surface area contributed by atoms with Crippen LogP contribution in [0.15, 0.2) is 15.5 Å². The number of nitrogens with one attached hydrogen (secondary N) is 2. The van der Waals surface area contributed by atoms with Gasteiger partial charge >= 0.3 is 0 Å². The highest BCUT2D eigenvalue weighted by molar-refractivity contribution is 5.79. The fourth-order valence-electron chi connectivity index (χ4n) is 2.84. The third kappa shape index (κ3) is 6.65. The second kappa shape index (κ2) is 9.60. The van der Waals surface area contributed by atoms with Crippen LogP contribution in [0, 0.1) is 13.8 Å². The average Bonchev–Trinajstić information content (AvgIpc) is 2.79. The maximum Gasteiger partial charge on any atom is 0.191 e. The van der Waals surface area contributed by atoms with Crippen molar-refractivity contribution in [1.29, 1.82) is 0 Å². The van der Waals surface area contributed by atoms with Crippen LogP contribution in [-0.2, 0) is 6.54 Å². The summed E-state index contributed by atoms with van der Waals surface area (Å²) in [6.07, 6.45) is 1.10. The van der Waals surface area contributed by atoms with Gasteiger partial charge in [0.05, 0.1) is 0 Å². The van der Waals surface area contributed by atoms with Crippen LogP contribution in [0.2, 0.25) is 0 Å². The number of nitrogens with zero attached hydrogens (tertiary/aromatic N) is 2. The van der Waals surface area contributed by atoms with E-state index in [9.17, 15) is 0 Å². The molecule has 0 saturated carbocycles. The van der Waals surface area contributed by atoms with Gasteiger partial charge in [-0.1, -0.05) is 0 Å². The molecule has 23 heavy (non-hydrogen) atoms. The summed E-state index contributed by atoms with van der Waals surface area (Å²) in [5.74, 6) is 2.75. The maximum atomic E-state index is 5.54. The van der Waals surface area contributed by atoms with Crippen LogP contribution in [0.1, 0.15) is 51.2 Å². The van der Waals surface area contributed by atoms with E-state index >= 15 is 0 Å². The summed E-state index contributed by atoms with van der Waals surface area (Å²) < 4.78 is 5.54. The highest BCUT2D eigenvalue weighted by Gasteiger charge is 2.12. The molecule has 0 fully saturated rings. The van der Waals surface area contributed by atoms with E-state index < -0.39 is 0 Å². The SMILES string of the molecule is CN=C(NCCCN(C(C)C)C(C)C)NCc1cc(C)oc1C. The number of aryl methyl sites for hydroxylation is 2. The Morgan fingerprint density at radius 3 is 2.30 bits per heavy atom. The first-order valence-corrected chi connectivity index (χ1v) is 8.61. The van der Waals surface area contributed by atoms with Crippen molar-refractivity contribution in [3.63, 3.8) is 0 Å². The van der Waals surface area contributed by atoms with Crippen LogP contribution in [0.5, 0.6) is 0 Å². The number of guanidine groups is 1. The summed E-state index contributed by atoms with van der Waals surface area (Å²) in [5.41, 5.74) is 1.18. The lowest BCUT2D eigenvalue weighted by Gasteiger charge is -2.30. The van der Waals surface area contributed by atoms with Gasteiger partial charge in [0.15, 0.2) is 5.96 Å². The van der Waals surface area contributed by atoms with Crippen LogP contribution < -0.4 is 10.6 Å². The van der Waals surface area contributed by atoms with Crippen molar-refractivity contribution in [3.05, 3.63) is 23.2 Å². The van der Waals surface area contributed by atoms with E-state index in [2.05, 4.69) is 54.3 Å². The van der Waals surface area contributed by atoms with Gasteiger partial charge in [-0.3, -0.25) is 9.89 Å².